The van der Waals surface area contributed by atoms with Crippen molar-refractivity contribution in [3.05, 3.63) is 0 Å². The average Bonchev–Trinajstić information content (AvgIpc) is 3.00. The van der Waals surface area contributed by atoms with E-state index in [9.17, 15) is 4.79 Å². The molecule has 1 atom stereocenters. The Hall–Kier alpha value is 0.0500. The maximum Gasteiger partial charge on any atom is 0.220 e. The molecule has 0 bridgehead atoms. The topological polar surface area (TPSA) is 73.6 Å². The Kier molecular flexibility index (Phi) is 12.5. The standard InChI is InChI=1S/C14H28N2O3S2/c15-6-8-18-10-11-19-9-7-16-14(17)4-2-1-3-13-5-12-20-21-13/h13H,1-12,15H2,(H,16,17). The average molecular weight is 337 g/mol. The van der Waals surface area contributed by atoms with Crippen LogP contribution in [0.4, 0.5) is 0 Å². The zero-order chi connectivity index (χ0) is 15.2. The van der Waals surface area contributed by atoms with E-state index in [1.165, 1.54) is 18.6 Å². The molecule has 7 heteroatoms. The summed E-state index contributed by atoms with van der Waals surface area (Å²) in [5.41, 5.74) is 5.29. The van der Waals surface area contributed by atoms with Gasteiger partial charge in [-0.2, -0.15) is 0 Å². The highest BCUT2D eigenvalue weighted by molar-refractivity contribution is 8.77. The van der Waals surface area contributed by atoms with Crippen LogP contribution in [-0.2, 0) is 14.3 Å². The molecule has 0 spiro atoms. The fourth-order valence-corrected chi connectivity index (χ4v) is 5.01. The number of carbonyl (C=O) groups is 1. The molecule has 21 heavy (non-hydrogen) atoms. The molecule has 0 aromatic heterocycles. The molecule has 1 fully saturated rings. The highest BCUT2D eigenvalue weighted by Gasteiger charge is 2.15. The van der Waals surface area contributed by atoms with E-state index in [4.69, 9.17) is 15.2 Å². The van der Waals surface area contributed by atoms with E-state index >= 15 is 0 Å². The van der Waals surface area contributed by atoms with E-state index in [-0.39, 0.29) is 5.91 Å². The second-order valence-electron chi connectivity index (χ2n) is 4.94. The van der Waals surface area contributed by atoms with Crippen LogP contribution >= 0.6 is 21.6 Å². The second kappa shape index (κ2) is 13.7. The number of rotatable bonds is 13. The van der Waals surface area contributed by atoms with Gasteiger partial charge in [-0.05, 0) is 19.3 Å². The first-order valence-corrected chi connectivity index (χ1v) is 10.1. The van der Waals surface area contributed by atoms with E-state index in [2.05, 4.69) is 5.32 Å². The maximum atomic E-state index is 11.6. The van der Waals surface area contributed by atoms with Crippen LogP contribution in [-0.4, -0.2) is 56.4 Å². The normalized spacial score (nSPS) is 18.0. The van der Waals surface area contributed by atoms with E-state index in [0.29, 0.717) is 45.9 Å². The molecule has 1 amide bonds. The van der Waals surface area contributed by atoms with Crippen molar-refractivity contribution >= 4 is 27.5 Å². The van der Waals surface area contributed by atoms with Gasteiger partial charge in [0.2, 0.25) is 5.91 Å². The molecular formula is C14H28N2O3S2. The summed E-state index contributed by atoms with van der Waals surface area (Å²) in [5, 5.41) is 3.69. The molecule has 1 aliphatic rings. The number of nitrogens with two attached hydrogens (primary N) is 1. The number of amides is 1. The first-order valence-electron chi connectivity index (χ1n) is 7.73. The van der Waals surface area contributed by atoms with Gasteiger partial charge in [0.25, 0.3) is 0 Å². The minimum Gasteiger partial charge on any atom is -0.378 e. The van der Waals surface area contributed by atoms with Crippen LogP contribution in [0.25, 0.3) is 0 Å². The van der Waals surface area contributed by atoms with E-state index in [1.807, 2.05) is 21.6 Å². The molecule has 1 saturated heterocycles. The van der Waals surface area contributed by atoms with Crippen molar-refractivity contribution < 1.29 is 14.3 Å². The highest BCUT2D eigenvalue weighted by Crippen LogP contribution is 2.39. The van der Waals surface area contributed by atoms with Gasteiger partial charge in [-0.25, -0.2) is 0 Å². The minimum absolute atomic E-state index is 0.131. The first kappa shape index (κ1) is 19.1. The molecule has 3 N–H and O–H groups in total. The van der Waals surface area contributed by atoms with Gasteiger partial charge in [-0.15, -0.1) is 0 Å². The quantitative estimate of drug-likeness (QED) is 0.395. The second-order valence-corrected chi connectivity index (χ2v) is 7.73. The third-order valence-corrected chi connectivity index (χ3v) is 6.12. The van der Waals surface area contributed by atoms with Crippen molar-refractivity contribution in [2.24, 2.45) is 5.73 Å². The smallest absolute Gasteiger partial charge is 0.220 e. The lowest BCUT2D eigenvalue weighted by Gasteiger charge is -2.08. The van der Waals surface area contributed by atoms with Crippen molar-refractivity contribution in [1.82, 2.24) is 5.32 Å². The third kappa shape index (κ3) is 11.3. The molecule has 0 radical (unpaired) electrons. The Bertz CT molecular complexity index is 265. The maximum absolute atomic E-state index is 11.6. The number of ether oxygens (including phenoxy) is 2. The van der Waals surface area contributed by atoms with Crippen LogP contribution in [0.15, 0.2) is 0 Å². The molecule has 1 rings (SSSR count). The molecule has 1 heterocycles. The van der Waals surface area contributed by atoms with Gasteiger partial charge >= 0.3 is 0 Å². The summed E-state index contributed by atoms with van der Waals surface area (Å²) >= 11 is 0. The number of carbonyl (C=O) groups excluding carboxylic acids is 1. The Morgan fingerprint density at radius 3 is 2.71 bits per heavy atom. The van der Waals surface area contributed by atoms with E-state index in [0.717, 1.165) is 18.1 Å². The first-order chi connectivity index (χ1) is 10.3. The van der Waals surface area contributed by atoms with Crippen molar-refractivity contribution in [3.63, 3.8) is 0 Å². The fraction of sp³-hybridized carbons (Fsp3) is 0.929. The summed E-state index contributed by atoms with van der Waals surface area (Å²) in [7, 11) is 3.99. The molecule has 0 saturated carbocycles. The van der Waals surface area contributed by atoms with Gasteiger partial charge in [-0.3, -0.25) is 4.79 Å². The zero-order valence-electron chi connectivity index (χ0n) is 12.7. The Morgan fingerprint density at radius 1 is 1.19 bits per heavy atom. The molecule has 0 aromatic carbocycles. The number of hydrogen-bond donors (Lipinski definition) is 2. The van der Waals surface area contributed by atoms with Crippen molar-refractivity contribution in [3.8, 4) is 0 Å². The summed E-state index contributed by atoms with van der Waals surface area (Å²) in [6.45, 7) is 3.32. The summed E-state index contributed by atoms with van der Waals surface area (Å²) in [6, 6.07) is 0. The molecule has 124 valence electrons. The van der Waals surface area contributed by atoms with Crippen LogP contribution in [0.1, 0.15) is 32.1 Å². The summed E-state index contributed by atoms with van der Waals surface area (Å²) in [4.78, 5) is 11.6. The molecule has 5 nitrogen and oxygen atoms in total. The number of unbranched alkanes of at least 4 members (excludes halogenated alkanes) is 1. The van der Waals surface area contributed by atoms with Crippen LogP contribution in [0.2, 0.25) is 0 Å². The predicted octanol–water partition coefficient (Wildman–Crippen LogP) is 1.81. The van der Waals surface area contributed by atoms with Crippen molar-refractivity contribution in [2.45, 2.75) is 37.4 Å². The molecule has 0 aromatic rings. The van der Waals surface area contributed by atoms with E-state index in [1.54, 1.807) is 0 Å². The lowest BCUT2D eigenvalue weighted by atomic mass is 10.1. The van der Waals surface area contributed by atoms with Gasteiger partial charge in [-0.1, -0.05) is 28.0 Å². The Labute approximate surface area is 135 Å². The van der Waals surface area contributed by atoms with Gasteiger partial charge in [0.1, 0.15) is 0 Å². The number of hydrogen-bond acceptors (Lipinski definition) is 6. The van der Waals surface area contributed by atoms with Crippen molar-refractivity contribution in [2.75, 3.05) is 45.3 Å². The van der Waals surface area contributed by atoms with Crippen molar-refractivity contribution in [1.29, 1.82) is 0 Å². The third-order valence-electron chi connectivity index (χ3n) is 3.11. The monoisotopic (exact) mass is 336 g/mol. The van der Waals surface area contributed by atoms with Gasteiger partial charge < -0.3 is 20.5 Å². The Balaban J connectivity index is 1.78. The molecular weight excluding hydrogens is 308 g/mol. The molecule has 1 aliphatic heterocycles. The lowest BCUT2D eigenvalue weighted by Crippen LogP contribution is -2.27. The zero-order valence-corrected chi connectivity index (χ0v) is 14.3. The fourth-order valence-electron chi connectivity index (χ4n) is 1.98. The van der Waals surface area contributed by atoms with E-state index < -0.39 is 0 Å². The molecule has 0 aliphatic carbocycles. The SMILES string of the molecule is NCCOCCOCCNC(=O)CCCCC1CCSS1. The lowest BCUT2D eigenvalue weighted by molar-refractivity contribution is -0.121. The van der Waals surface area contributed by atoms with Crippen LogP contribution in [0, 0.1) is 0 Å². The Morgan fingerprint density at radius 2 is 2.00 bits per heavy atom. The minimum atomic E-state index is 0.131. The molecule has 1 unspecified atom stereocenters. The summed E-state index contributed by atoms with van der Waals surface area (Å²) in [5.74, 6) is 1.42. The number of nitrogens with one attached hydrogen (secondary N) is 1. The van der Waals surface area contributed by atoms with Crippen LogP contribution in [0.5, 0.6) is 0 Å². The van der Waals surface area contributed by atoms with Gasteiger partial charge in [0, 0.05) is 30.5 Å². The predicted molar refractivity (Wildman–Crippen MR) is 90.6 cm³/mol. The summed E-state index contributed by atoms with van der Waals surface area (Å²) in [6.07, 6.45) is 5.34. The van der Waals surface area contributed by atoms with Crippen LogP contribution < -0.4 is 11.1 Å². The largest absolute Gasteiger partial charge is 0.378 e. The van der Waals surface area contributed by atoms with Crippen LogP contribution in [0.3, 0.4) is 0 Å². The van der Waals surface area contributed by atoms with Gasteiger partial charge in [0.15, 0.2) is 0 Å². The summed E-state index contributed by atoms with van der Waals surface area (Å²) < 4.78 is 10.5. The highest BCUT2D eigenvalue weighted by atomic mass is 33.1. The van der Waals surface area contributed by atoms with Gasteiger partial charge in [0.05, 0.1) is 26.4 Å².